The third kappa shape index (κ3) is 1.64. The topological polar surface area (TPSA) is 98.2 Å². The molecule has 7 nitrogen and oxygen atoms in total. The molecule has 0 bridgehead atoms. The van der Waals surface area contributed by atoms with Gasteiger partial charge in [-0.25, -0.2) is 4.79 Å². The predicted molar refractivity (Wildman–Crippen MR) is 39.1 cm³/mol. The first-order valence-corrected chi connectivity index (χ1v) is 3.35. The maximum absolute atomic E-state index is 10.9. The molecule has 1 fully saturated rings. The zero-order chi connectivity index (χ0) is 8.97. The van der Waals surface area contributed by atoms with Crippen LogP contribution in [-0.2, 0) is 4.79 Å². The fraction of sp³-hybridized carbons (Fsp3) is 0.600. The van der Waals surface area contributed by atoms with Crippen LogP contribution in [0.1, 0.15) is 0 Å². The first-order chi connectivity index (χ1) is 5.75. The maximum Gasteiger partial charge on any atom is 0.324 e. The van der Waals surface area contributed by atoms with Crippen molar-refractivity contribution in [3.05, 3.63) is 10.4 Å². The summed E-state index contributed by atoms with van der Waals surface area (Å²) in [6, 6.07) is -0.423. The van der Waals surface area contributed by atoms with Crippen LogP contribution in [0, 0.1) is 0 Å². The SMILES string of the molecule is [N-]=[N+]=NCCN1C(=O)CNC1=O. The average molecular weight is 169 g/mol. The highest BCUT2D eigenvalue weighted by atomic mass is 16.2. The van der Waals surface area contributed by atoms with Gasteiger partial charge in [-0.15, -0.1) is 0 Å². The van der Waals surface area contributed by atoms with E-state index in [0.717, 1.165) is 4.90 Å². The van der Waals surface area contributed by atoms with E-state index in [1.54, 1.807) is 0 Å². The van der Waals surface area contributed by atoms with E-state index in [2.05, 4.69) is 15.3 Å². The van der Waals surface area contributed by atoms with Crippen LogP contribution in [0.5, 0.6) is 0 Å². The number of urea groups is 1. The Hall–Kier alpha value is -1.75. The van der Waals surface area contributed by atoms with E-state index in [1.165, 1.54) is 0 Å². The summed E-state index contributed by atoms with van der Waals surface area (Å²) in [5.41, 5.74) is 7.93. The van der Waals surface area contributed by atoms with Gasteiger partial charge in [-0.3, -0.25) is 9.69 Å². The van der Waals surface area contributed by atoms with Gasteiger partial charge in [0.25, 0.3) is 0 Å². The summed E-state index contributed by atoms with van der Waals surface area (Å²) in [6.07, 6.45) is 0. The van der Waals surface area contributed by atoms with E-state index < -0.39 is 6.03 Å². The number of rotatable bonds is 3. The second-order valence-corrected chi connectivity index (χ2v) is 2.16. The van der Waals surface area contributed by atoms with Crippen molar-refractivity contribution in [1.82, 2.24) is 10.2 Å². The van der Waals surface area contributed by atoms with Gasteiger partial charge in [0.2, 0.25) is 5.91 Å². The number of carbonyl (C=O) groups excluding carboxylic acids is 2. The van der Waals surface area contributed by atoms with Gasteiger partial charge < -0.3 is 5.32 Å². The average Bonchev–Trinajstić information content (AvgIpc) is 2.35. The minimum atomic E-state index is -0.423. The number of hydrogen-bond donors (Lipinski definition) is 1. The molecule has 0 atom stereocenters. The largest absolute Gasteiger partial charge is 0.329 e. The normalized spacial score (nSPS) is 15.8. The van der Waals surface area contributed by atoms with Gasteiger partial charge in [0.1, 0.15) is 0 Å². The van der Waals surface area contributed by atoms with Crippen LogP contribution >= 0.6 is 0 Å². The molecule has 0 radical (unpaired) electrons. The number of azide groups is 1. The molecule has 0 saturated carbocycles. The Morgan fingerprint density at radius 2 is 2.42 bits per heavy atom. The number of carbonyl (C=O) groups is 2. The Balaban J connectivity index is 2.44. The standard InChI is InChI=1S/C5H7N5O2/c6-9-8-1-2-10-4(11)3-7-5(10)12/h1-3H2,(H,7,12). The Bertz CT molecular complexity index is 241. The molecule has 0 aromatic rings. The summed E-state index contributed by atoms with van der Waals surface area (Å²) in [7, 11) is 0. The highest BCUT2D eigenvalue weighted by Gasteiger charge is 2.27. The van der Waals surface area contributed by atoms with Crippen LogP contribution in [0.2, 0.25) is 0 Å². The fourth-order valence-corrected chi connectivity index (χ4v) is 0.871. The van der Waals surface area contributed by atoms with E-state index in [1.807, 2.05) is 0 Å². The molecular weight excluding hydrogens is 162 g/mol. The Morgan fingerprint density at radius 3 is 2.92 bits per heavy atom. The lowest BCUT2D eigenvalue weighted by atomic mass is 10.5. The highest BCUT2D eigenvalue weighted by molar-refractivity contribution is 6.01. The van der Waals surface area contributed by atoms with Gasteiger partial charge in [0.15, 0.2) is 0 Å². The minimum Gasteiger partial charge on any atom is -0.329 e. The molecule has 1 N–H and O–H groups in total. The van der Waals surface area contributed by atoms with Crippen LogP contribution < -0.4 is 5.32 Å². The van der Waals surface area contributed by atoms with Crippen molar-refractivity contribution >= 4 is 11.9 Å². The van der Waals surface area contributed by atoms with E-state index in [0.29, 0.717) is 0 Å². The molecule has 0 spiro atoms. The van der Waals surface area contributed by atoms with Crippen molar-refractivity contribution in [2.75, 3.05) is 19.6 Å². The van der Waals surface area contributed by atoms with Crippen LogP contribution in [0.3, 0.4) is 0 Å². The molecular formula is C5H7N5O2. The van der Waals surface area contributed by atoms with Gasteiger partial charge in [0, 0.05) is 18.0 Å². The Labute approximate surface area is 68.0 Å². The summed E-state index contributed by atoms with van der Waals surface area (Å²) in [5.74, 6) is -0.284. The molecule has 1 heterocycles. The van der Waals surface area contributed by atoms with Crippen molar-refractivity contribution in [2.24, 2.45) is 5.11 Å². The molecule has 3 amide bonds. The maximum atomic E-state index is 10.9. The first kappa shape index (κ1) is 8.35. The second-order valence-electron chi connectivity index (χ2n) is 2.16. The van der Waals surface area contributed by atoms with Crippen LogP contribution in [0.4, 0.5) is 4.79 Å². The van der Waals surface area contributed by atoms with Crippen molar-refractivity contribution in [3.8, 4) is 0 Å². The molecule has 0 aromatic heterocycles. The predicted octanol–water partition coefficient (Wildman–Crippen LogP) is -0.151. The van der Waals surface area contributed by atoms with E-state index >= 15 is 0 Å². The zero-order valence-corrected chi connectivity index (χ0v) is 6.23. The van der Waals surface area contributed by atoms with Crippen molar-refractivity contribution in [3.63, 3.8) is 0 Å². The molecule has 1 saturated heterocycles. The molecule has 1 aliphatic heterocycles. The highest BCUT2D eigenvalue weighted by Crippen LogP contribution is 1.97. The van der Waals surface area contributed by atoms with Crippen LogP contribution in [-0.4, -0.2) is 36.5 Å². The van der Waals surface area contributed by atoms with Crippen LogP contribution in [0.25, 0.3) is 10.4 Å². The van der Waals surface area contributed by atoms with Gasteiger partial charge in [-0.05, 0) is 5.53 Å². The number of nitrogens with one attached hydrogen (secondary N) is 1. The summed E-state index contributed by atoms with van der Waals surface area (Å²) < 4.78 is 0. The Kier molecular flexibility index (Phi) is 2.49. The second kappa shape index (κ2) is 3.59. The quantitative estimate of drug-likeness (QED) is 0.275. The lowest BCUT2D eigenvalue weighted by Gasteiger charge is -2.08. The number of imide groups is 1. The number of nitrogens with zero attached hydrogens (tertiary/aromatic N) is 4. The Morgan fingerprint density at radius 1 is 1.67 bits per heavy atom. The number of amides is 3. The summed E-state index contributed by atoms with van der Waals surface area (Å²) >= 11 is 0. The lowest BCUT2D eigenvalue weighted by molar-refractivity contribution is -0.124. The van der Waals surface area contributed by atoms with Crippen LogP contribution in [0.15, 0.2) is 5.11 Å². The molecule has 1 rings (SSSR count). The first-order valence-electron chi connectivity index (χ1n) is 3.35. The molecule has 64 valence electrons. The van der Waals surface area contributed by atoms with Crippen molar-refractivity contribution in [1.29, 1.82) is 0 Å². The lowest BCUT2D eigenvalue weighted by Crippen LogP contribution is -2.33. The molecule has 12 heavy (non-hydrogen) atoms. The van der Waals surface area contributed by atoms with Crippen molar-refractivity contribution in [2.45, 2.75) is 0 Å². The minimum absolute atomic E-state index is 0.0368. The summed E-state index contributed by atoms with van der Waals surface area (Å²) in [4.78, 5) is 25.2. The van der Waals surface area contributed by atoms with Gasteiger partial charge >= 0.3 is 6.03 Å². The summed E-state index contributed by atoms with van der Waals surface area (Å²) in [5, 5.41) is 5.56. The zero-order valence-electron chi connectivity index (χ0n) is 6.23. The monoisotopic (exact) mass is 169 g/mol. The molecule has 1 aliphatic rings. The van der Waals surface area contributed by atoms with Crippen molar-refractivity contribution < 1.29 is 9.59 Å². The van der Waals surface area contributed by atoms with Gasteiger partial charge in [-0.1, -0.05) is 5.11 Å². The van der Waals surface area contributed by atoms with Gasteiger partial charge in [0.05, 0.1) is 6.54 Å². The van der Waals surface area contributed by atoms with E-state index in [4.69, 9.17) is 5.53 Å². The molecule has 0 aromatic carbocycles. The summed E-state index contributed by atoms with van der Waals surface area (Å²) in [6.45, 7) is 0.305. The fourth-order valence-electron chi connectivity index (χ4n) is 0.871. The number of hydrogen-bond acceptors (Lipinski definition) is 3. The molecule has 0 aliphatic carbocycles. The smallest absolute Gasteiger partial charge is 0.324 e. The third-order valence-corrected chi connectivity index (χ3v) is 1.42. The van der Waals surface area contributed by atoms with E-state index in [9.17, 15) is 9.59 Å². The van der Waals surface area contributed by atoms with Gasteiger partial charge in [-0.2, -0.15) is 0 Å². The van der Waals surface area contributed by atoms with E-state index in [-0.39, 0.29) is 25.5 Å². The molecule has 0 unspecified atom stereocenters. The molecule has 7 heteroatoms. The third-order valence-electron chi connectivity index (χ3n) is 1.42.